The Morgan fingerprint density at radius 3 is 0.562 bits per heavy atom. The SMILES string of the molecule is N#[C][Co-3]([C]#N)([C]#N)([C]#N)([C]#N)[C]#N.[Li+].[Li+].[Li+]. The zero-order valence-electron chi connectivity index (χ0n) is 9.02. The second kappa shape index (κ2) is 6.09. The van der Waals surface area contributed by atoms with Crippen molar-refractivity contribution < 1.29 is 67.1 Å². The van der Waals surface area contributed by atoms with Gasteiger partial charge in [0.1, 0.15) is 0 Å². The molecule has 66 valence electrons. The molecule has 0 aliphatic carbocycles. The van der Waals surface area contributed by atoms with Crippen molar-refractivity contribution in [2.24, 2.45) is 0 Å². The average molecular weight is 236 g/mol. The molecule has 0 N–H and O–H groups in total. The van der Waals surface area contributed by atoms with E-state index in [0.717, 1.165) is 30.0 Å². The minimum atomic E-state index is -6.03. The minimum Gasteiger partial charge on any atom is 1.00 e. The van der Waals surface area contributed by atoms with Crippen LogP contribution in [0.25, 0.3) is 0 Å². The van der Waals surface area contributed by atoms with Crippen LogP contribution in [-0.4, -0.2) is 0 Å². The van der Waals surface area contributed by atoms with E-state index in [1.54, 1.807) is 0 Å². The van der Waals surface area contributed by atoms with Gasteiger partial charge in [0.2, 0.25) is 0 Å². The molecule has 10 heteroatoms. The van der Waals surface area contributed by atoms with Crippen LogP contribution in [0.5, 0.6) is 0 Å². The van der Waals surface area contributed by atoms with Gasteiger partial charge >= 0.3 is 129 Å². The monoisotopic (exact) mass is 236 g/mol. The molecule has 0 radical (unpaired) electrons. The summed E-state index contributed by atoms with van der Waals surface area (Å²) in [4.78, 5) is 0. The van der Waals surface area contributed by atoms with Crippen LogP contribution in [0.3, 0.4) is 0 Å². The summed E-state index contributed by atoms with van der Waals surface area (Å²) in [5, 5.41) is 57.6. The fourth-order valence-corrected chi connectivity index (χ4v) is 1.03. The Kier molecular flexibility index (Phi) is 9.31. The topological polar surface area (TPSA) is 143 Å². The summed E-state index contributed by atoms with van der Waals surface area (Å²) in [5.41, 5.74) is 0. The summed E-state index contributed by atoms with van der Waals surface area (Å²) >= 11 is 0. The third kappa shape index (κ3) is 2.32. The number of nitriles is 6. The van der Waals surface area contributed by atoms with E-state index >= 15 is 0 Å². The van der Waals surface area contributed by atoms with Gasteiger partial charge in [0.25, 0.3) is 0 Å². The first-order valence-corrected chi connectivity index (χ1v) is 5.46. The van der Waals surface area contributed by atoms with Crippen LogP contribution in [0.2, 0.25) is 0 Å². The Balaban J connectivity index is -0.000000240. The number of hydrogen-bond acceptors (Lipinski definition) is 6. The van der Waals surface area contributed by atoms with Gasteiger partial charge in [-0.2, -0.15) is 0 Å². The molecule has 0 rings (SSSR count). The van der Waals surface area contributed by atoms with E-state index in [0.29, 0.717) is 0 Å². The van der Waals surface area contributed by atoms with Crippen molar-refractivity contribution in [3.63, 3.8) is 0 Å². The van der Waals surface area contributed by atoms with Gasteiger partial charge < -0.3 is 0 Å². The molecule has 0 fully saturated rings. The number of rotatable bonds is 0. The molecule has 0 heterocycles. The largest absolute Gasteiger partial charge is 1.00 e. The van der Waals surface area contributed by atoms with Crippen LogP contribution in [0.4, 0.5) is 0 Å². The average Bonchev–Trinajstić information content (AvgIpc) is 2.26. The van der Waals surface area contributed by atoms with Gasteiger partial charge in [-0.15, -0.1) is 0 Å². The molecule has 0 aliphatic heterocycles. The molecule has 0 spiro atoms. The smallest absolute Gasteiger partial charge is 1.00 e. The fourth-order valence-electron chi connectivity index (χ4n) is 0.250. The molecular formula is C6CoLi3N6. The molecular weight excluding hydrogens is 236 g/mol. The second-order valence-corrected chi connectivity index (χ2v) is 7.00. The maximum Gasteiger partial charge on any atom is 1.00 e. The zero-order valence-corrected chi connectivity index (χ0v) is 10.1. The van der Waals surface area contributed by atoms with Crippen molar-refractivity contribution in [1.82, 2.24) is 0 Å². The normalized spacial score (nSPS) is 10.9. The standard InChI is InChI=1S/6CN.Co.3Li/c6*1-2;;;;/q;;;;;;-3;3*+1. The molecule has 0 aliphatic rings. The van der Waals surface area contributed by atoms with Crippen LogP contribution in [0.1, 0.15) is 0 Å². The van der Waals surface area contributed by atoms with Gasteiger partial charge in [-0.05, 0) is 0 Å². The van der Waals surface area contributed by atoms with Gasteiger partial charge in [-0.3, -0.25) is 0 Å². The Labute approximate surface area is 128 Å². The fraction of sp³-hybridized carbons (Fsp3) is 0. The molecule has 0 unspecified atom stereocenters. The Morgan fingerprint density at radius 1 is 0.438 bits per heavy atom. The predicted molar refractivity (Wildman–Crippen MR) is 33.7 cm³/mol. The van der Waals surface area contributed by atoms with Crippen molar-refractivity contribution in [2.75, 3.05) is 0 Å². The van der Waals surface area contributed by atoms with Gasteiger partial charge in [0.05, 0.1) is 0 Å². The third-order valence-corrected chi connectivity index (χ3v) is 4.61. The summed E-state index contributed by atoms with van der Waals surface area (Å²) in [6.07, 6.45) is 0. The van der Waals surface area contributed by atoms with E-state index in [4.69, 9.17) is 31.6 Å². The Morgan fingerprint density at radius 2 is 0.562 bits per heavy atom. The van der Waals surface area contributed by atoms with E-state index < -0.39 is 10.5 Å². The molecule has 0 saturated carbocycles. The van der Waals surface area contributed by atoms with Gasteiger partial charge in [0.15, 0.2) is 0 Å². The molecule has 0 amide bonds. The van der Waals surface area contributed by atoms with Crippen molar-refractivity contribution in [3.8, 4) is 30.0 Å². The summed E-state index contributed by atoms with van der Waals surface area (Å²) in [6, 6.07) is 0. The zero-order chi connectivity index (χ0) is 10.7. The van der Waals surface area contributed by atoms with E-state index in [1.807, 2.05) is 0 Å². The molecule has 0 aromatic heterocycles. The summed E-state index contributed by atoms with van der Waals surface area (Å²) in [5.74, 6) is 0. The molecule has 6 nitrogen and oxygen atoms in total. The first kappa shape index (κ1) is 24.5. The van der Waals surface area contributed by atoms with E-state index in [1.165, 1.54) is 0 Å². The third-order valence-electron chi connectivity index (χ3n) is 1.12. The van der Waals surface area contributed by atoms with Crippen molar-refractivity contribution >= 4 is 0 Å². The predicted octanol–water partition coefficient (Wildman–Crippen LogP) is -8.89. The molecule has 16 heavy (non-hydrogen) atoms. The van der Waals surface area contributed by atoms with Gasteiger partial charge in [0, 0.05) is 0 Å². The minimum absolute atomic E-state index is 0. The van der Waals surface area contributed by atoms with Crippen LogP contribution in [0, 0.1) is 61.6 Å². The Bertz CT molecular complexity index is 398. The van der Waals surface area contributed by atoms with Gasteiger partial charge in [-0.1, -0.05) is 0 Å². The second-order valence-electron chi connectivity index (χ2n) is 1.70. The molecule has 0 aromatic rings. The summed E-state index contributed by atoms with van der Waals surface area (Å²) in [7, 11) is -6.03. The van der Waals surface area contributed by atoms with Crippen LogP contribution < -0.4 is 56.6 Å². The molecule has 0 aromatic carbocycles. The summed E-state index contributed by atoms with van der Waals surface area (Å²) < 4.78 is 0. The quantitative estimate of drug-likeness (QED) is 0.382. The van der Waals surface area contributed by atoms with Crippen LogP contribution in [-0.2, 0) is 10.5 Å². The first-order valence-electron chi connectivity index (χ1n) is 2.34. The Hall–Kier alpha value is -0.761. The number of hydrogen-bond donors (Lipinski definition) is 0. The first-order chi connectivity index (χ1) is 5.97. The maximum absolute atomic E-state index is 8.58. The van der Waals surface area contributed by atoms with Crippen LogP contribution >= 0.6 is 0 Å². The maximum atomic E-state index is 8.58. The van der Waals surface area contributed by atoms with Gasteiger partial charge in [-0.25, -0.2) is 0 Å². The summed E-state index contributed by atoms with van der Waals surface area (Å²) in [6.45, 7) is 0. The van der Waals surface area contributed by atoms with Crippen molar-refractivity contribution in [2.45, 2.75) is 0 Å². The van der Waals surface area contributed by atoms with E-state index in [2.05, 4.69) is 0 Å². The molecule has 0 bridgehead atoms. The van der Waals surface area contributed by atoms with E-state index in [-0.39, 0.29) is 56.6 Å². The molecule has 0 atom stereocenters. The van der Waals surface area contributed by atoms with Crippen molar-refractivity contribution in [3.05, 3.63) is 0 Å². The number of nitrogens with zero attached hydrogens (tertiary/aromatic N) is 6. The van der Waals surface area contributed by atoms with E-state index in [9.17, 15) is 0 Å². The molecule has 0 saturated heterocycles. The van der Waals surface area contributed by atoms with Crippen LogP contribution in [0.15, 0.2) is 0 Å². The van der Waals surface area contributed by atoms with Crippen molar-refractivity contribution in [1.29, 1.82) is 31.6 Å².